The summed E-state index contributed by atoms with van der Waals surface area (Å²) in [5, 5.41) is 0. The fourth-order valence-corrected chi connectivity index (χ4v) is 1.74. The molecule has 0 aliphatic heterocycles. The molecule has 0 atom stereocenters. The third-order valence-corrected chi connectivity index (χ3v) is 2.93. The molecule has 0 unspecified atom stereocenters. The molecule has 0 bridgehead atoms. The molecule has 0 fully saturated rings. The van der Waals surface area contributed by atoms with Crippen molar-refractivity contribution in [1.82, 2.24) is 19.3 Å². The second-order valence-corrected chi connectivity index (χ2v) is 4.72. The van der Waals surface area contributed by atoms with Gasteiger partial charge in [0.15, 0.2) is 0 Å². The number of nitrogens with zero attached hydrogens (tertiary/aromatic N) is 2. The van der Waals surface area contributed by atoms with Crippen LogP contribution >= 0.6 is 0 Å². The topological polar surface area (TPSA) is 180 Å². The molecule has 2 aromatic rings. The first-order valence-electron chi connectivity index (χ1n) is 6.74. The van der Waals surface area contributed by atoms with E-state index in [-0.39, 0.29) is 37.8 Å². The summed E-state index contributed by atoms with van der Waals surface area (Å²) in [4.78, 5) is 49.9. The van der Waals surface area contributed by atoms with Crippen LogP contribution < -0.4 is 34.2 Å². The summed E-state index contributed by atoms with van der Waals surface area (Å²) in [6, 6.07) is 2.30. The Morgan fingerprint density at radius 1 is 0.792 bits per heavy atom. The average Bonchev–Trinajstić information content (AvgIpc) is 2.53. The Morgan fingerprint density at radius 2 is 1.17 bits per heavy atom. The highest BCUT2D eigenvalue weighted by Crippen LogP contribution is 1.93. The largest absolute Gasteiger partial charge is 0.373 e. The van der Waals surface area contributed by atoms with Gasteiger partial charge in [-0.25, -0.2) is 9.59 Å². The fraction of sp³-hybridized carbons (Fsp3) is 0.333. The molecule has 0 radical (unpaired) electrons. The van der Waals surface area contributed by atoms with Crippen molar-refractivity contribution in [3.8, 4) is 0 Å². The Hall–Kier alpha value is -3.12. The maximum Gasteiger partial charge on any atom is 0.347 e. The maximum atomic E-state index is 11.3. The molecule has 2 heterocycles. The van der Waals surface area contributed by atoms with Crippen LogP contribution in [-0.4, -0.2) is 32.5 Å². The second kappa shape index (κ2) is 7.43. The molecule has 0 saturated carbocycles. The van der Waals surface area contributed by atoms with Crippen molar-refractivity contribution in [3.63, 3.8) is 0 Å². The second-order valence-electron chi connectivity index (χ2n) is 4.72. The number of hydrogen-bond acceptors (Lipinski definition) is 8. The molecule has 0 aliphatic carbocycles. The minimum Gasteiger partial charge on any atom is -0.373 e. The quantitative estimate of drug-likeness (QED) is 0.296. The lowest BCUT2D eigenvalue weighted by Gasteiger charge is -2.06. The third kappa shape index (κ3) is 4.21. The van der Waals surface area contributed by atoms with E-state index in [9.17, 15) is 19.2 Å². The molecule has 0 spiro atoms. The summed E-state index contributed by atoms with van der Waals surface area (Å²) >= 11 is 0. The van der Waals surface area contributed by atoms with Gasteiger partial charge in [0.25, 0.3) is 11.1 Å². The first-order chi connectivity index (χ1) is 11.4. The Bertz CT molecular complexity index is 799. The molecule has 2 aromatic heterocycles. The van der Waals surface area contributed by atoms with Gasteiger partial charge >= 0.3 is 11.4 Å². The van der Waals surface area contributed by atoms with Gasteiger partial charge in [-0.15, -0.1) is 0 Å². The fourth-order valence-electron chi connectivity index (χ4n) is 1.74. The standard InChI is InChI=1S/C12H16N6O6/c13-17-9(19)3-7(15-11(17)21)5-23-1-2-24-6-8-4-10(20)18(14)12(22)16-8/h3-4H,1-2,5-6,13-14H2,(H,15,21)(H,16,22). The van der Waals surface area contributed by atoms with Gasteiger partial charge < -0.3 is 31.1 Å². The Kier molecular flexibility index (Phi) is 5.34. The summed E-state index contributed by atoms with van der Waals surface area (Å²) in [5.74, 6) is 10.3. The summed E-state index contributed by atoms with van der Waals surface area (Å²) in [7, 11) is 0. The molecule has 0 aliphatic rings. The third-order valence-electron chi connectivity index (χ3n) is 2.93. The van der Waals surface area contributed by atoms with Gasteiger partial charge in [0, 0.05) is 12.1 Å². The van der Waals surface area contributed by atoms with Crippen molar-refractivity contribution >= 4 is 0 Å². The van der Waals surface area contributed by atoms with Gasteiger partial charge in [-0.05, 0) is 0 Å². The van der Waals surface area contributed by atoms with E-state index >= 15 is 0 Å². The normalized spacial score (nSPS) is 10.8. The number of ether oxygens (including phenoxy) is 2. The lowest BCUT2D eigenvalue weighted by molar-refractivity contribution is 0.0316. The highest BCUT2D eigenvalue weighted by atomic mass is 16.5. The summed E-state index contributed by atoms with van der Waals surface area (Å²) < 4.78 is 11.4. The number of nitrogen functional groups attached to an aromatic ring is 2. The molecular formula is C12H16N6O6. The Morgan fingerprint density at radius 3 is 1.50 bits per heavy atom. The van der Waals surface area contributed by atoms with Crippen LogP contribution in [0.1, 0.15) is 11.4 Å². The lowest BCUT2D eigenvalue weighted by Crippen LogP contribution is -2.41. The summed E-state index contributed by atoms with van der Waals surface area (Å²) in [6.07, 6.45) is 0. The van der Waals surface area contributed by atoms with Gasteiger partial charge in [-0.1, -0.05) is 0 Å². The van der Waals surface area contributed by atoms with E-state index in [1.54, 1.807) is 0 Å². The van der Waals surface area contributed by atoms with E-state index in [0.717, 1.165) is 12.1 Å². The van der Waals surface area contributed by atoms with Crippen LogP contribution in [-0.2, 0) is 22.7 Å². The van der Waals surface area contributed by atoms with Gasteiger partial charge in [0.1, 0.15) is 0 Å². The molecule has 0 amide bonds. The first kappa shape index (κ1) is 17.2. The predicted molar refractivity (Wildman–Crippen MR) is 82.3 cm³/mol. The molecule has 12 heteroatoms. The van der Waals surface area contributed by atoms with E-state index in [1.807, 2.05) is 0 Å². The van der Waals surface area contributed by atoms with Crippen LogP contribution in [0.3, 0.4) is 0 Å². The summed E-state index contributed by atoms with van der Waals surface area (Å²) in [6.45, 7) is 0.307. The maximum absolute atomic E-state index is 11.3. The van der Waals surface area contributed by atoms with Crippen molar-refractivity contribution < 1.29 is 9.47 Å². The highest BCUT2D eigenvalue weighted by molar-refractivity contribution is 4.99. The van der Waals surface area contributed by atoms with E-state index < -0.39 is 22.5 Å². The predicted octanol–water partition coefficient (Wildman–Crippen LogP) is -3.45. The van der Waals surface area contributed by atoms with Crippen LogP contribution in [0.15, 0.2) is 31.3 Å². The minimum atomic E-state index is -0.740. The van der Waals surface area contributed by atoms with Crippen molar-refractivity contribution in [1.29, 1.82) is 0 Å². The van der Waals surface area contributed by atoms with E-state index in [2.05, 4.69) is 9.97 Å². The SMILES string of the molecule is Nn1c(=O)cc(COCCOCc2cc(=O)n(N)c(=O)[nH]2)[nH]c1=O. The molecule has 6 N–H and O–H groups in total. The molecule has 2 rings (SSSR count). The number of nitrogens with one attached hydrogen (secondary N) is 2. The van der Waals surface area contributed by atoms with Gasteiger partial charge in [0.2, 0.25) is 0 Å². The zero-order valence-electron chi connectivity index (χ0n) is 12.5. The summed E-state index contributed by atoms with van der Waals surface area (Å²) in [5.41, 5.74) is -2.21. The Balaban J connectivity index is 1.76. The van der Waals surface area contributed by atoms with E-state index in [0.29, 0.717) is 9.35 Å². The zero-order valence-corrected chi connectivity index (χ0v) is 12.5. The van der Waals surface area contributed by atoms with Crippen molar-refractivity contribution in [3.05, 3.63) is 65.2 Å². The molecule has 0 saturated heterocycles. The zero-order chi connectivity index (χ0) is 17.7. The van der Waals surface area contributed by atoms with Crippen molar-refractivity contribution in [2.75, 3.05) is 24.9 Å². The molecular weight excluding hydrogens is 324 g/mol. The average molecular weight is 340 g/mol. The number of nitrogens with two attached hydrogens (primary N) is 2. The lowest BCUT2D eigenvalue weighted by atomic mass is 10.4. The molecule has 12 nitrogen and oxygen atoms in total. The van der Waals surface area contributed by atoms with Gasteiger partial charge in [-0.2, -0.15) is 9.35 Å². The molecule has 0 aromatic carbocycles. The monoisotopic (exact) mass is 340 g/mol. The van der Waals surface area contributed by atoms with Crippen molar-refractivity contribution in [2.24, 2.45) is 0 Å². The number of hydrogen-bond donors (Lipinski definition) is 4. The molecule has 130 valence electrons. The smallest absolute Gasteiger partial charge is 0.347 e. The highest BCUT2D eigenvalue weighted by Gasteiger charge is 2.03. The van der Waals surface area contributed by atoms with Crippen LogP contribution in [0.2, 0.25) is 0 Å². The Labute approximate surface area is 133 Å². The number of rotatable bonds is 7. The first-order valence-corrected chi connectivity index (χ1v) is 6.74. The van der Waals surface area contributed by atoms with E-state index in [1.165, 1.54) is 0 Å². The van der Waals surface area contributed by atoms with Gasteiger partial charge in [-0.3, -0.25) is 9.59 Å². The van der Waals surface area contributed by atoms with Crippen LogP contribution in [0, 0.1) is 0 Å². The number of H-pyrrole nitrogens is 2. The van der Waals surface area contributed by atoms with Crippen LogP contribution in [0.25, 0.3) is 0 Å². The van der Waals surface area contributed by atoms with Crippen molar-refractivity contribution in [2.45, 2.75) is 13.2 Å². The molecule has 24 heavy (non-hydrogen) atoms. The van der Waals surface area contributed by atoms with Crippen LogP contribution in [0.5, 0.6) is 0 Å². The number of aromatic nitrogens is 4. The number of aromatic amines is 2. The minimum absolute atomic E-state index is 0.00523. The van der Waals surface area contributed by atoms with Gasteiger partial charge in [0.05, 0.1) is 37.8 Å². The van der Waals surface area contributed by atoms with Crippen LogP contribution in [0.4, 0.5) is 0 Å². The van der Waals surface area contributed by atoms with E-state index in [4.69, 9.17) is 21.2 Å².